The fourth-order valence-electron chi connectivity index (χ4n) is 3.88. The van der Waals surface area contributed by atoms with Crippen molar-refractivity contribution in [2.24, 2.45) is 0 Å². The molecule has 0 spiro atoms. The predicted octanol–water partition coefficient (Wildman–Crippen LogP) is 2.88. The number of nitrogens with one attached hydrogen (secondary N) is 3. The quantitative estimate of drug-likeness (QED) is 0.308. The Morgan fingerprint density at radius 3 is 2.80 bits per heavy atom. The number of aryl methyl sites for hydroxylation is 1. The first-order chi connectivity index (χ1) is 16.8. The van der Waals surface area contributed by atoms with E-state index >= 15 is 0 Å². The van der Waals surface area contributed by atoms with Crippen molar-refractivity contribution in [3.05, 3.63) is 75.3 Å². The number of benzene rings is 2. The molecule has 1 atom stereocenters. The number of aromatic nitrogens is 1. The summed E-state index contributed by atoms with van der Waals surface area (Å²) in [5.41, 5.74) is 1.84. The van der Waals surface area contributed by atoms with Crippen molar-refractivity contribution in [1.29, 1.82) is 5.26 Å². The van der Waals surface area contributed by atoms with Crippen LogP contribution in [0.15, 0.2) is 42.2 Å². The zero-order chi connectivity index (χ0) is 25.3. The van der Waals surface area contributed by atoms with Crippen LogP contribution in [0.5, 0.6) is 0 Å². The molecular weight excluding hydrogens is 477 g/mol. The lowest BCUT2D eigenvalue weighted by atomic mass is 10.0. The molecule has 4 N–H and O–H groups in total. The molecule has 2 aromatic carbocycles. The number of carbonyl (C=O) groups is 3. The number of imide groups is 1. The number of aliphatic hydroxyl groups is 1. The summed E-state index contributed by atoms with van der Waals surface area (Å²) in [4.78, 5) is 42.8. The zero-order valence-corrected chi connectivity index (χ0v) is 19.1. The van der Waals surface area contributed by atoms with Gasteiger partial charge in [-0.25, -0.2) is 14.1 Å². The van der Waals surface area contributed by atoms with Gasteiger partial charge in [-0.2, -0.15) is 5.26 Å². The van der Waals surface area contributed by atoms with Crippen molar-refractivity contribution in [3.63, 3.8) is 0 Å². The number of aromatic amines is 1. The van der Waals surface area contributed by atoms with E-state index < -0.39 is 29.7 Å². The molecule has 0 radical (unpaired) electrons. The molecule has 9 nitrogen and oxygen atoms in total. The number of hydrogen-bond acceptors (Lipinski definition) is 5. The van der Waals surface area contributed by atoms with E-state index in [0.29, 0.717) is 15.5 Å². The van der Waals surface area contributed by atoms with Gasteiger partial charge in [-0.3, -0.25) is 9.59 Å². The van der Waals surface area contributed by atoms with Gasteiger partial charge < -0.3 is 20.7 Å². The highest BCUT2D eigenvalue weighted by molar-refractivity contribution is 6.32. The monoisotopic (exact) mass is 495 g/mol. The van der Waals surface area contributed by atoms with E-state index in [0.717, 1.165) is 28.6 Å². The highest BCUT2D eigenvalue weighted by Crippen LogP contribution is 2.31. The molecule has 11 heteroatoms. The van der Waals surface area contributed by atoms with E-state index in [1.165, 1.54) is 12.1 Å². The fraction of sp³-hybridized carbons (Fsp3) is 0.167. The van der Waals surface area contributed by atoms with E-state index in [4.69, 9.17) is 22.0 Å². The van der Waals surface area contributed by atoms with Crippen molar-refractivity contribution in [2.75, 3.05) is 13.2 Å². The number of halogens is 2. The van der Waals surface area contributed by atoms with Gasteiger partial charge in [0.05, 0.1) is 17.7 Å². The summed E-state index contributed by atoms with van der Waals surface area (Å²) < 4.78 is 14.3. The molecule has 2 heterocycles. The Bertz CT molecular complexity index is 1440. The number of nitriles is 1. The number of hydrogen-bond donors (Lipinski definition) is 4. The first-order valence-corrected chi connectivity index (χ1v) is 10.8. The molecule has 3 aromatic rings. The summed E-state index contributed by atoms with van der Waals surface area (Å²) in [5.74, 6) is -2.50. The van der Waals surface area contributed by atoms with Crippen LogP contribution in [0.4, 0.5) is 9.18 Å². The summed E-state index contributed by atoms with van der Waals surface area (Å²) >= 11 is 6.17. The highest BCUT2D eigenvalue weighted by Gasteiger charge is 2.43. The van der Waals surface area contributed by atoms with Crippen molar-refractivity contribution >= 4 is 46.4 Å². The third kappa shape index (κ3) is 4.35. The minimum atomic E-state index is -1.54. The molecule has 1 fully saturated rings. The first kappa shape index (κ1) is 23.9. The number of H-pyrrole nitrogens is 1. The van der Waals surface area contributed by atoms with E-state index in [1.807, 2.05) is 6.92 Å². The Morgan fingerprint density at radius 1 is 1.34 bits per heavy atom. The number of amides is 4. The third-order valence-corrected chi connectivity index (χ3v) is 6.05. The number of nitrogens with zero attached hydrogens (tertiary/aromatic N) is 2. The van der Waals surface area contributed by atoms with Gasteiger partial charge in [-0.1, -0.05) is 23.7 Å². The van der Waals surface area contributed by atoms with E-state index in [-0.39, 0.29) is 30.0 Å². The SMILES string of the molecule is Cc1c(Cl)ccc2c(/C=C3\NC(=O)N(C(C(=O)NCCO)c4ccc(C#N)c(F)c4)C3=O)c[nH]c12. The zero-order valence-electron chi connectivity index (χ0n) is 18.4. The number of aliphatic hydroxyl groups excluding tert-OH is 1. The summed E-state index contributed by atoms with van der Waals surface area (Å²) in [6, 6.07) is 6.13. The average Bonchev–Trinajstić information content (AvgIpc) is 3.36. The Morgan fingerprint density at radius 2 is 2.11 bits per heavy atom. The number of carbonyl (C=O) groups excluding carboxylic acids is 3. The molecule has 4 rings (SSSR count). The van der Waals surface area contributed by atoms with Crippen LogP contribution >= 0.6 is 11.6 Å². The number of urea groups is 1. The maximum absolute atomic E-state index is 14.3. The third-order valence-electron chi connectivity index (χ3n) is 5.64. The Hall–Kier alpha value is -4.20. The summed E-state index contributed by atoms with van der Waals surface area (Å²) in [7, 11) is 0. The normalized spacial score (nSPS) is 15.4. The van der Waals surface area contributed by atoms with Gasteiger partial charge in [0.25, 0.3) is 5.91 Å². The van der Waals surface area contributed by atoms with Crippen LogP contribution in [0.25, 0.3) is 17.0 Å². The molecule has 4 amide bonds. The van der Waals surface area contributed by atoms with Crippen molar-refractivity contribution in [1.82, 2.24) is 20.5 Å². The lowest BCUT2D eigenvalue weighted by molar-refractivity contribution is -0.133. The molecule has 35 heavy (non-hydrogen) atoms. The van der Waals surface area contributed by atoms with Crippen LogP contribution in [0.2, 0.25) is 5.02 Å². The number of rotatable bonds is 6. The van der Waals surface area contributed by atoms with Gasteiger partial charge in [0.2, 0.25) is 5.91 Å². The molecular formula is C24H19ClFN5O4. The second-order valence-electron chi connectivity index (χ2n) is 7.77. The molecule has 178 valence electrons. The Kier molecular flexibility index (Phi) is 6.55. The Balaban J connectivity index is 1.74. The van der Waals surface area contributed by atoms with E-state index in [2.05, 4.69) is 15.6 Å². The van der Waals surface area contributed by atoms with Gasteiger partial charge in [-0.05, 0) is 42.3 Å². The topological polar surface area (TPSA) is 138 Å². The maximum atomic E-state index is 14.3. The Labute approximate surface area is 203 Å². The first-order valence-electron chi connectivity index (χ1n) is 10.5. The van der Waals surface area contributed by atoms with Gasteiger partial charge in [-0.15, -0.1) is 0 Å². The summed E-state index contributed by atoms with van der Waals surface area (Å²) in [6.45, 7) is 1.32. The largest absolute Gasteiger partial charge is 0.395 e. The van der Waals surface area contributed by atoms with Crippen LogP contribution in [0.1, 0.15) is 28.3 Å². The molecule has 0 aliphatic carbocycles. The van der Waals surface area contributed by atoms with Gasteiger partial charge >= 0.3 is 6.03 Å². The molecule has 0 saturated carbocycles. The number of fused-ring (bicyclic) bond motifs is 1. The smallest absolute Gasteiger partial charge is 0.330 e. The fourth-order valence-corrected chi connectivity index (χ4v) is 4.04. The average molecular weight is 496 g/mol. The summed E-state index contributed by atoms with van der Waals surface area (Å²) in [6.07, 6.45) is 3.12. The van der Waals surface area contributed by atoms with Crippen molar-refractivity contribution in [3.8, 4) is 6.07 Å². The second-order valence-corrected chi connectivity index (χ2v) is 8.18. The molecule has 1 aliphatic heterocycles. The predicted molar refractivity (Wildman–Crippen MR) is 125 cm³/mol. The van der Waals surface area contributed by atoms with Crippen LogP contribution in [-0.4, -0.2) is 46.0 Å². The molecule has 1 saturated heterocycles. The lowest BCUT2D eigenvalue weighted by Crippen LogP contribution is -2.44. The van der Waals surface area contributed by atoms with Crippen molar-refractivity contribution < 1.29 is 23.9 Å². The lowest BCUT2D eigenvalue weighted by Gasteiger charge is -2.24. The molecule has 1 unspecified atom stereocenters. The van der Waals surface area contributed by atoms with Crippen LogP contribution in [-0.2, 0) is 9.59 Å². The van der Waals surface area contributed by atoms with Crippen LogP contribution in [0, 0.1) is 24.1 Å². The van der Waals surface area contributed by atoms with Crippen molar-refractivity contribution in [2.45, 2.75) is 13.0 Å². The minimum Gasteiger partial charge on any atom is -0.395 e. The molecule has 1 aromatic heterocycles. The van der Waals surface area contributed by atoms with Gasteiger partial charge in [0.1, 0.15) is 23.6 Å². The summed E-state index contributed by atoms with van der Waals surface area (Å²) in [5, 5.41) is 24.3. The minimum absolute atomic E-state index is 0.0148. The molecule has 1 aliphatic rings. The van der Waals surface area contributed by atoms with Crippen LogP contribution in [0.3, 0.4) is 0 Å². The van der Waals surface area contributed by atoms with E-state index in [9.17, 15) is 18.8 Å². The van der Waals surface area contributed by atoms with Gasteiger partial charge in [0.15, 0.2) is 0 Å². The maximum Gasteiger partial charge on any atom is 0.330 e. The second kappa shape index (κ2) is 9.58. The van der Waals surface area contributed by atoms with Crippen LogP contribution < -0.4 is 10.6 Å². The molecule has 0 bridgehead atoms. The van der Waals surface area contributed by atoms with E-state index in [1.54, 1.807) is 24.4 Å². The standard InChI is InChI=1S/C24H19ClFN5O4/c1-12-17(25)5-4-16-15(11-29-20(12)16)9-19-23(34)31(24(35)30-19)21(22(33)28-6-7-32)13-2-3-14(10-27)18(26)8-13/h2-5,8-9,11,21,29,32H,6-7H2,1H3,(H,28,33)(H,30,35)/b19-9-. The highest BCUT2D eigenvalue weighted by atomic mass is 35.5. The van der Waals surface area contributed by atoms with Gasteiger partial charge in [0, 0.05) is 28.7 Å².